The Bertz CT molecular complexity index is 1030. The van der Waals surface area contributed by atoms with Crippen molar-refractivity contribution in [1.29, 1.82) is 0 Å². The molecule has 1 aliphatic heterocycles. The van der Waals surface area contributed by atoms with Crippen LogP contribution < -0.4 is 10.6 Å². The second kappa shape index (κ2) is 7.29. The highest BCUT2D eigenvalue weighted by Crippen LogP contribution is 2.33. The summed E-state index contributed by atoms with van der Waals surface area (Å²) in [6.07, 6.45) is 2.12. The van der Waals surface area contributed by atoms with Crippen LogP contribution in [0.1, 0.15) is 45.6 Å². The van der Waals surface area contributed by atoms with Gasteiger partial charge in [0.1, 0.15) is 0 Å². The number of aryl methyl sites for hydroxylation is 3. The molecule has 0 saturated carbocycles. The van der Waals surface area contributed by atoms with Crippen molar-refractivity contribution in [3.63, 3.8) is 0 Å². The van der Waals surface area contributed by atoms with Crippen LogP contribution in [-0.2, 0) is 0 Å². The Hall–Kier alpha value is -2.25. The van der Waals surface area contributed by atoms with Crippen molar-refractivity contribution in [2.45, 2.75) is 40.5 Å². The summed E-state index contributed by atoms with van der Waals surface area (Å²) in [5.41, 5.74) is 3.60. The van der Waals surface area contributed by atoms with Crippen LogP contribution >= 0.6 is 11.3 Å². The zero-order chi connectivity index (χ0) is 19.9. The molecule has 0 radical (unpaired) electrons. The highest BCUT2D eigenvalue weighted by atomic mass is 32.1. The maximum absolute atomic E-state index is 13.1. The molecule has 2 N–H and O–H groups in total. The summed E-state index contributed by atoms with van der Waals surface area (Å²) < 4.78 is 5.42. The largest absolute Gasteiger partial charge is 0.351 e. The molecule has 0 bridgehead atoms. The molecule has 0 aliphatic carbocycles. The van der Waals surface area contributed by atoms with E-state index in [0.29, 0.717) is 28.9 Å². The van der Waals surface area contributed by atoms with E-state index in [1.807, 2.05) is 13.0 Å². The molecule has 28 heavy (non-hydrogen) atoms. The fourth-order valence-electron chi connectivity index (χ4n) is 3.89. The Kier molecular flexibility index (Phi) is 4.97. The Morgan fingerprint density at radius 1 is 1.29 bits per heavy atom. The number of thiophene rings is 1. The normalized spacial score (nSPS) is 16.4. The molecule has 0 atom stereocenters. The lowest BCUT2D eigenvalue weighted by Crippen LogP contribution is -2.42. The summed E-state index contributed by atoms with van der Waals surface area (Å²) in [5.74, 6) is -0.0932. The van der Waals surface area contributed by atoms with Crippen LogP contribution in [0.2, 0.25) is 0 Å². The van der Waals surface area contributed by atoms with E-state index >= 15 is 0 Å². The standard InChI is InChI=1S/C21H26N4O2S/c1-12-9-15(14(3)28-12)17-10-16(18-13(2)25-27-20(18)24-17)19(26)23-11-21(4)5-7-22-8-6-21/h9-10,22H,5-8,11H2,1-4H3,(H,23,26). The zero-order valence-electron chi connectivity index (χ0n) is 16.8. The Morgan fingerprint density at radius 3 is 2.71 bits per heavy atom. The van der Waals surface area contributed by atoms with E-state index in [4.69, 9.17) is 4.52 Å². The number of piperidine rings is 1. The molecule has 0 aromatic carbocycles. The van der Waals surface area contributed by atoms with E-state index in [-0.39, 0.29) is 11.3 Å². The molecular weight excluding hydrogens is 372 g/mol. The summed E-state index contributed by atoms with van der Waals surface area (Å²) in [7, 11) is 0. The number of amides is 1. The van der Waals surface area contributed by atoms with E-state index in [1.165, 1.54) is 9.75 Å². The maximum Gasteiger partial charge on any atom is 0.259 e. The van der Waals surface area contributed by atoms with Crippen molar-refractivity contribution in [3.05, 3.63) is 33.1 Å². The van der Waals surface area contributed by atoms with Gasteiger partial charge in [-0.3, -0.25) is 4.79 Å². The first-order valence-corrected chi connectivity index (χ1v) is 10.5. The zero-order valence-corrected chi connectivity index (χ0v) is 17.6. The number of hydrogen-bond donors (Lipinski definition) is 2. The summed E-state index contributed by atoms with van der Waals surface area (Å²) >= 11 is 1.72. The van der Waals surface area contributed by atoms with Crippen molar-refractivity contribution in [1.82, 2.24) is 20.8 Å². The SMILES string of the molecule is Cc1cc(-c2cc(C(=O)NCC3(C)CCNCC3)c3c(C)noc3n2)c(C)s1. The average Bonchev–Trinajstić information content (AvgIpc) is 3.21. The quantitative estimate of drug-likeness (QED) is 0.694. The molecule has 0 spiro atoms. The van der Waals surface area contributed by atoms with Gasteiger partial charge in [0, 0.05) is 21.9 Å². The van der Waals surface area contributed by atoms with Crippen LogP contribution in [0.3, 0.4) is 0 Å². The van der Waals surface area contributed by atoms with Gasteiger partial charge in [-0.2, -0.15) is 0 Å². The molecule has 4 heterocycles. The minimum absolute atomic E-state index is 0.0932. The number of fused-ring (bicyclic) bond motifs is 1. The van der Waals surface area contributed by atoms with Crippen LogP contribution in [0.5, 0.6) is 0 Å². The molecule has 6 nitrogen and oxygen atoms in total. The van der Waals surface area contributed by atoms with E-state index in [9.17, 15) is 4.79 Å². The first kappa shape index (κ1) is 19.1. The number of nitrogens with zero attached hydrogens (tertiary/aromatic N) is 2. The number of rotatable bonds is 4. The first-order chi connectivity index (χ1) is 13.4. The molecule has 0 unspecified atom stereocenters. The second-order valence-corrected chi connectivity index (χ2v) is 9.53. The predicted octanol–water partition coefficient (Wildman–Crippen LogP) is 4.00. The monoisotopic (exact) mass is 398 g/mol. The molecule has 4 rings (SSSR count). The molecule has 1 aliphatic rings. The van der Waals surface area contributed by atoms with Crippen molar-refractivity contribution in [3.8, 4) is 11.3 Å². The second-order valence-electron chi connectivity index (χ2n) is 8.07. The maximum atomic E-state index is 13.1. The number of aromatic nitrogens is 2. The highest BCUT2D eigenvalue weighted by molar-refractivity contribution is 7.12. The van der Waals surface area contributed by atoms with Crippen molar-refractivity contribution in [2.75, 3.05) is 19.6 Å². The van der Waals surface area contributed by atoms with Crippen molar-refractivity contribution < 1.29 is 9.32 Å². The van der Waals surface area contributed by atoms with Crippen molar-refractivity contribution >= 4 is 28.3 Å². The van der Waals surface area contributed by atoms with Gasteiger partial charge in [0.2, 0.25) is 0 Å². The van der Waals surface area contributed by atoms with E-state index < -0.39 is 0 Å². The third-order valence-electron chi connectivity index (χ3n) is 5.67. The van der Waals surface area contributed by atoms with Gasteiger partial charge in [-0.15, -0.1) is 11.3 Å². The Balaban J connectivity index is 1.69. The smallest absolute Gasteiger partial charge is 0.259 e. The number of pyridine rings is 1. The lowest BCUT2D eigenvalue weighted by Gasteiger charge is -2.34. The predicted molar refractivity (Wildman–Crippen MR) is 112 cm³/mol. The van der Waals surface area contributed by atoms with Gasteiger partial charge >= 0.3 is 0 Å². The molecule has 3 aromatic rings. The van der Waals surface area contributed by atoms with Crippen LogP contribution in [0.4, 0.5) is 0 Å². The fourth-order valence-corrected chi connectivity index (χ4v) is 4.83. The molecule has 1 fully saturated rings. The van der Waals surface area contributed by atoms with E-state index in [1.54, 1.807) is 11.3 Å². The Morgan fingerprint density at radius 2 is 2.04 bits per heavy atom. The lowest BCUT2D eigenvalue weighted by molar-refractivity contribution is 0.0924. The summed E-state index contributed by atoms with van der Waals surface area (Å²) in [5, 5.41) is 11.3. The number of carbonyl (C=O) groups excluding carboxylic acids is 1. The molecule has 1 amide bonds. The van der Waals surface area contributed by atoms with E-state index in [0.717, 1.165) is 37.2 Å². The molecule has 7 heteroatoms. The number of carbonyl (C=O) groups is 1. The molecular formula is C21H26N4O2S. The molecule has 1 saturated heterocycles. The fraction of sp³-hybridized carbons (Fsp3) is 0.476. The Labute approximate surface area is 168 Å². The van der Waals surface area contributed by atoms with Gasteiger partial charge in [-0.1, -0.05) is 12.1 Å². The van der Waals surface area contributed by atoms with Gasteiger partial charge in [-0.05, 0) is 64.3 Å². The van der Waals surface area contributed by atoms with Gasteiger partial charge in [0.15, 0.2) is 0 Å². The van der Waals surface area contributed by atoms with Crippen LogP contribution in [0.15, 0.2) is 16.7 Å². The van der Waals surface area contributed by atoms with Gasteiger partial charge in [-0.25, -0.2) is 4.98 Å². The van der Waals surface area contributed by atoms with Crippen LogP contribution in [-0.4, -0.2) is 35.7 Å². The van der Waals surface area contributed by atoms with Crippen LogP contribution in [0, 0.1) is 26.2 Å². The van der Waals surface area contributed by atoms with Gasteiger partial charge in [0.25, 0.3) is 11.6 Å². The molecule has 148 valence electrons. The average molecular weight is 399 g/mol. The van der Waals surface area contributed by atoms with Gasteiger partial charge < -0.3 is 15.2 Å². The lowest BCUT2D eigenvalue weighted by atomic mass is 9.81. The third kappa shape index (κ3) is 3.56. The highest BCUT2D eigenvalue weighted by Gasteiger charge is 2.28. The minimum Gasteiger partial charge on any atom is -0.351 e. The van der Waals surface area contributed by atoms with Gasteiger partial charge in [0.05, 0.1) is 22.3 Å². The summed E-state index contributed by atoms with van der Waals surface area (Å²) in [4.78, 5) is 20.2. The van der Waals surface area contributed by atoms with Crippen molar-refractivity contribution in [2.24, 2.45) is 5.41 Å². The molecule has 3 aromatic heterocycles. The number of hydrogen-bond acceptors (Lipinski definition) is 6. The number of nitrogens with one attached hydrogen (secondary N) is 2. The van der Waals surface area contributed by atoms with Crippen LogP contribution in [0.25, 0.3) is 22.4 Å². The first-order valence-electron chi connectivity index (χ1n) is 9.70. The topological polar surface area (TPSA) is 80.0 Å². The summed E-state index contributed by atoms with van der Waals surface area (Å²) in [6, 6.07) is 3.98. The third-order valence-corrected chi connectivity index (χ3v) is 6.63. The summed E-state index contributed by atoms with van der Waals surface area (Å²) in [6.45, 7) is 10.9. The minimum atomic E-state index is -0.0932. The van der Waals surface area contributed by atoms with E-state index in [2.05, 4.69) is 47.6 Å².